The molecule has 1 aromatic rings. The monoisotopic (exact) mass is 330 g/mol. The van der Waals surface area contributed by atoms with Crippen molar-refractivity contribution in [1.29, 1.82) is 5.26 Å². The second-order valence-electron chi connectivity index (χ2n) is 5.12. The van der Waals surface area contributed by atoms with Gasteiger partial charge in [0.25, 0.3) is 5.91 Å². The summed E-state index contributed by atoms with van der Waals surface area (Å²) in [4.78, 5) is 23.5. The zero-order valence-corrected chi connectivity index (χ0v) is 14.2. The van der Waals surface area contributed by atoms with Gasteiger partial charge in [0, 0.05) is 6.04 Å². The zero-order chi connectivity index (χ0) is 17.9. The molecule has 0 fully saturated rings. The quantitative estimate of drug-likeness (QED) is 0.449. The third kappa shape index (κ3) is 6.53. The third-order valence-electron chi connectivity index (χ3n) is 3.20. The summed E-state index contributed by atoms with van der Waals surface area (Å²) in [6.07, 6.45) is 2.19. The van der Waals surface area contributed by atoms with E-state index in [9.17, 15) is 9.59 Å². The van der Waals surface area contributed by atoms with Crippen LogP contribution in [0, 0.1) is 11.3 Å². The number of hydrogen-bond acceptors (Lipinski definition) is 5. The topological polar surface area (TPSA) is 88.4 Å². The van der Waals surface area contributed by atoms with Gasteiger partial charge < -0.3 is 14.8 Å². The van der Waals surface area contributed by atoms with Gasteiger partial charge in [-0.15, -0.1) is 0 Å². The number of hydrogen-bond donors (Lipinski definition) is 1. The molecule has 6 heteroatoms. The van der Waals surface area contributed by atoms with Gasteiger partial charge in [0.2, 0.25) is 0 Å². The summed E-state index contributed by atoms with van der Waals surface area (Å²) >= 11 is 0. The van der Waals surface area contributed by atoms with Crippen LogP contribution in [0.25, 0.3) is 6.08 Å². The van der Waals surface area contributed by atoms with Crippen molar-refractivity contribution in [3.8, 4) is 11.8 Å². The second kappa shape index (κ2) is 10.1. The van der Waals surface area contributed by atoms with Crippen LogP contribution in [0.5, 0.6) is 5.75 Å². The Labute approximate surface area is 142 Å². The van der Waals surface area contributed by atoms with Crippen molar-refractivity contribution in [2.45, 2.75) is 33.2 Å². The first-order valence-electron chi connectivity index (χ1n) is 7.81. The first-order chi connectivity index (χ1) is 11.5. The summed E-state index contributed by atoms with van der Waals surface area (Å²) in [5, 5.41) is 11.8. The van der Waals surface area contributed by atoms with Crippen molar-refractivity contribution in [2.75, 3.05) is 13.2 Å². The highest BCUT2D eigenvalue weighted by Crippen LogP contribution is 2.15. The van der Waals surface area contributed by atoms with E-state index in [1.807, 2.05) is 20.8 Å². The van der Waals surface area contributed by atoms with Gasteiger partial charge in [0.15, 0.2) is 6.61 Å². The van der Waals surface area contributed by atoms with E-state index < -0.39 is 18.5 Å². The van der Waals surface area contributed by atoms with Gasteiger partial charge >= 0.3 is 5.97 Å². The predicted molar refractivity (Wildman–Crippen MR) is 90.1 cm³/mol. The van der Waals surface area contributed by atoms with Gasteiger partial charge in [-0.25, -0.2) is 4.79 Å². The third-order valence-corrected chi connectivity index (χ3v) is 3.20. The molecule has 128 valence electrons. The number of esters is 1. The number of nitrogens with one attached hydrogen (secondary N) is 1. The Morgan fingerprint density at radius 2 is 1.96 bits per heavy atom. The zero-order valence-electron chi connectivity index (χ0n) is 14.2. The lowest BCUT2D eigenvalue weighted by molar-refractivity contribution is -0.144. The van der Waals surface area contributed by atoms with Gasteiger partial charge in [0.05, 0.1) is 6.61 Å². The highest BCUT2D eigenvalue weighted by atomic mass is 16.5. The number of carbonyl (C=O) groups is 2. The van der Waals surface area contributed by atoms with Crippen LogP contribution in [0.1, 0.15) is 32.8 Å². The molecule has 0 saturated carbocycles. The number of nitriles is 1. The van der Waals surface area contributed by atoms with Crippen LogP contribution >= 0.6 is 0 Å². The van der Waals surface area contributed by atoms with Gasteiger partial charge in [0.1, 0.15) is 17.4 Å². The summed E-state index contributed by atoms with van der Waals surface area (Å²) in [5.74, 6) is -0.515. The summed E-state index contributed by atoms with van der Waals surface area (Å²) in [6.45, 7) is 5.82. The van der Waals surface area contributed by atoms with Crippen molar-refractivity contribution >= 4 is 18.0 Å². The van der Waals surface area contributed by atoms with Crippen molar-refractivity contribution in [3.63, 3.8) is 0 Å². The fourth-order valence-electron chi connectivity index (χ4n) is 1.76. The number of nitrogens with zero attached hydrogens (tertiary/aromatic N) is 1. The fourth-order valence-corrected chi connectivity index (χ4v) is 1.76. The van der Waals surface area contributed by atoms with Gasteiger partial charge in [-0.2, -0.15) is 5.26 Å². The minimum absolute atomic E-state index is 0.00559. The van der Waals surface area contributed by atoms with Crippen LogP contribution in [0.15, 0.2) is 29.8 Å². The van der Waals surface area contributed by atoms with Crippen molar-refractivity contribution in [3.05, 3.63) is 35.4 Å². The average Bonchev–Trinajstić information content (AvgIpc) is 2.59. The molecule has 0 radical (unpaired) electrons. The molecule has 24 heavy (non-hydrogen) atoms. The fraction of sp³-hybridized carbons (Fsp3) is 0.389. The minimum atomic E-state index is -0.828. The normalized spacial score (nSPS) is 12.0. The van der Waals surface area contributed by atoms with E-state index in [4.69, 9.17) is 14.7 Å². The molecule has 0 bridgehead atoms. The van der Waals surface area contributed by atoms with Crippen molar-refractivity contribution in [1.82, 2.24) is 5.32 Å². The van der Waals surface area contributed by atoms with Gasteiger partial charge in [-0.1, -0.05) is 19.1 Å². The Kier molecular flexibility index (Phi) is 8.06. The minimum Gasteiger partial charge on any atom is -0.494 e. The van der Waals surface area contributed by atoms with E-state index in [0.717, 1.165) is 6.42 Å². The molecule has 0 aliphatic rings. The van der Waals surface area contributed by atoms with Crippen LogP contribution in [0.2, 0.25) is 0 Å². The number of amides is 1. The summed E-state index contributed by atoms with van der Waals surface area (Å²) in [6, 6.07) is 8.74. The van der Waals surface area contributed by atoms with E-state index in [1.54, 1.807) is 30.3 Å². The summed E-state index contributed by atoms with van der Waals surface area (Å²) in [5.41, 5.74) is 0.492. The Bertz CT molecular complexity index is 629. The number of ether oxygens (including phenoxy) is 2. The Morgan fingerprint density at radius 3 is 2.50 bits per heavy atom. The van der Waals surface area contributed by atoms with Crippen LogP contribution in [0.3, 0.4) is 0 Å². The summed E-state index contributed by atoms with van der Waals surface area (Å²) in [7, 11) is 0. The molecule has 0 saturated heterocycles. The van der Waals surface area contributed by atoms with E-state index in [1.165, 1.54) is 6.08 Å². The number of carbonyl (C=O) groups excluding carboxylic acids is 2. The molecule has 1 N–H and O–H groups in total. The van der Waals surface area contributed by atoms with Crippen LogP contribution < -0.4 is 10.1 Å². The summed E-state index contributed by atoms with van der Waals surface area (Å²) < 4.78 is 10.2. The van der Waals surface area contributed by atoms with Gasteiger partial charge in [-0.3, -0.25) is 4.79 Å². The van der Waals surface area contributed by atoms with Gasteiger partial charge in [-0.05, 0) is 44.0 Å². The number of rotatable bonds is 8. The van der Waals surface area contributed by atoms with Crippen LogP contribution in [0.4, 0.5) is 0 Å². The maximum absolute atomic E-state index is 11.9. The molecule has 0 aliphatic heterocycles. The van der Waals surface area contributed by atoms with E-state index >= 15 is 0 Å². The molecular weight excluding hydrogens is 308 g/mol. The first-order valence-corrected chi connectivity index (χ1v) is 7.81. The largest absolute Gasteiger partial charge is 0.494 e. The maximum atomic E-state index is 11.9. The molecule has 1 atom stereocenters. The molecule has 0 spiro atoms. The standard InChI is InChI=1S/C18H22N2O4/c1-4-13(3)20-17(21)12-24-18(22)15(11-19)10-14-6-8-16(9-7-14)23-5-2/h6-10,13H,4-5,12H2,1-3H3,(H,20,21)/b15-10+/t13-/m0/s1. The Hall–Kier alpha value is -2.81. The van der Waals surface area contributed by atoms with E-state index in [-0.39, 0.29) is 11.6 Å². The van der Waals surface area contributed by atoms with E-state index in [0.29, 0.717) is 17.9 Å². The molecule has 0 aliphatic carbocycles. The first kappa shape index (κ1) is 19.2. The maximum Gasteiger partial charge on any atom is 0.349 e. The smallest absolute Gasteiger partial charge is 0.349 e. The highest BCUT2D eigenvalue weighted by molar-refractivity contribution is 5.98. The second-order valence-corrected chi connectivity index (χ2v) is 5.12. The lowest BCUT2D eigenvalue weighted by Crippen LogP contribution is -2.35. The molecule has 1 rings (SSSR count). The molecule has 6 nitrogen and oxygen atoms in total. The molecule has 1 amide bonds. The average molecular weight is 330 g/mol. The molecule has 0 unspecified atom stereocenters. The predicted octanol–water partition coefficient (Wildman–Crippen LogP) is 2.45. The van der Waals surface area contributed by atoms with E-state index in [2.05, 4.69) is 5.32 Å². The highest BCUT2D eigenvalue weighted by Gasteiger charge is 2.14. The van der Waals surface area contributed by atoms with Crippen molar-refractivity contribution in [2.24, 2.45) is 0 Å². The lowest BCUT2D eigenvalue weighted by Gasteiger charge is -2.11. The van der Waals surface area contributed by atoms with Crippen LogP contribution in [-0.2, 0) is 14.3 Å². The molecular formula is C18H22N2O4. The van der Waals surface area contributed by atoms with Crippen molar-refractivity contribution < 1.29 is 19.1 Å². The van der Waals surface area contributed by atoms with Crippen LogP contribution in [-0.4, -0.2) is 31.1 Å². The Morgan fingerprint density at radius 1 is 1.29 bits per heavy atom. The Balaban J connectivity index is 2.66. The molecule has 0 heterocycles. The number of benzene rings is 1. The lowest BCUT2D eigenvalue weighted by atomic mass is 10.1. The molecule has 0 aromatic heterocycles. The SMILES string of the molecule is CCOc1ccc(/C=C(\C#N)C(=O)OCC(=O)N[C@@H](C)CC)cc1. The molecule has 1 aromatic carbocycles.